The second-order valence-corrected chi connectivity index (χ2v) is 8.41. The Kier molecular flexibility index (Phi) is 19.2. The molecule has 0 aliphatic carbocycles. The van der Waals surface area contributed by atoms with Crippen molar-refractivity contribution in [3.05, 3.63) is 0 Å². The Labute approximate surface area is 202 Å². The molecule has 0 aliphatic rings. The summed E-state index contributed by atoms with van der Waals surface area (Å²) in [6, 6.07) is 0. The molecule has 9 heteroatoms. The molecule has 0 aliphatic heterocycles. The van der Waals surface area contributed by atoms with Gasteiger partial charge in [-0.1, -0.05) is 70.6 Å². The molecule has 0 unspecified atom stereocenters. The minimum Gasteiger partial charge on any atom is -0.422 e. The van der Waals surface area contributed by atoms with Crippen LogP contribution in [-0.4, -0.2) is 34.6 Å². The van der Waals surface area contributed by atoms with Gasteiger partial charge in [-0.05, 0) is 48.9 Å². The van der Waals surface area contributed by atoms with Crippen LogP contribution in [0, 0.1) is 47.4 Å². The summed E-state index contributed by atoms with van der Waals surface area (Å²) >= 11 is 0. The highest BCUT2D eigenvalue weighted by Crippen LogP contribution is 2.36. The molecule has 0 saturated carbocycles. The fraction of sp³-hybridized carbons (Fsp3) is 0.600. The van der Waals surface area contributed by atoms with Gasteiger partial charge in [0.05, 0.1) is 0 Å². The van der Waals surface area contributed by atoms with E-state index in [1.165, 1.54) is 38.5 Å². The number of carbonyl (C=O) groups is 2. The van der Waals surface area contributed by atoms with Crippen LogP contribution < -0.4 is 0 Å². The molecule has 0 radical (unpaired) electrons. The van der Waals surface area contributed by atoms with Crippen LogP contribution in [0.25, 0.3) is 0 Å². The molecular weight excluding hydrogens is 459 g/mol. The third-order valence-corrected chi connectivity index (χ3v) is 4.70. The van der Waals surface area contributed by atoms with E-state index < -0.39 is 32.7 Å². The van der Waals surface area contributed by atoms with Crippen LogP contribution in [0.5, 0.6) is 0 Å². The maximum atomic E-state index is 12.0. The fourth-order valence-electron chi connectivity index (χ4n) is 2.63. The lowest BCUT2D eigenvalue weighted by Crippen LogP contribution is -2.28. The highest BCUT2D eigenvalue weighted by Gasteiger charge is 2.24. The van der Waals surface area contributed by atoms with Crippen LogP contribution >= 0.6 is 7.82 Å². The fourth-order valence-corrected chi connectivity index (χ4v) is 2.95. The SMILES string of the molecule is CC#CC#CC#CC#CC(=O)O[C@H](COP(=O)(O)O)OC(=O)CCCCCCCCCCCC. The first-order valence-electron chi connectivity index (χ1n) is 11.3. The van der Waals surface area contributed by atoms with Crippen LogP contribution in [0.15, 0.2) is 0 Å². The molecule has 0 fully saturated rings. The van der Waals surface area contributed by atoms with Crippen LogP contribution in [0.2, 0.25) is 0 Å². The highest BCUT2D eigenvalue weighted by molar-refractivity contribution is 7.46. The van der Waals surface area contributed by atoms with E-state index in [1.54, 1.807) is 6.92 Å². The monoisotopic (exact) mass is 492 g/mol. The number of phosphoric ester groups is 1. The standard InChI is InChI=1S/C25H33O8P/c1-3-5-7-9-11-12-13-15-17-19-21-24(27)33-25(22-31-34(28,29)30)32-23(26)20-18-16-14-10-8-6-4-2/h25H,3,5,7,9,11-13,15,17,19,21-22H2,1-2H3,(H2,28,29,30)/t25-/m0/s1. The molecule has 0 aromatic heterocycles. The zero-order valence-corrected chi connectivity index (χ0v) is 20.7. The quantitative estimate of drug-likeness (QED) is 0.0833. The summed E-state index contributed by atoms with van der Waals surface area (Å²) in [5, 5.41) is 0. The lowest BCUT2D eigenvalue weighted by Gasteiger charge is -2.17. The number of carbonyl (C=O) groups excluding carboxylic acids is 2. The predicted octanol–water partition coefficient (Wildman–Crippen LogP) is 3.85. The van der Waals surface area contributed by atoms with E-state index in [4.69, 9.17) is 19.3 Å². The average Bonchev–Trinajstić information content (AvgIpc) is 2.77. The summed E-state index contributed by atoms with van der Waals surface area (Å²) in [5.41, 5.74) is 0. The molecule has 1 atom stereocenters. The second-order valence-electron chi connectivity index (χ2n) is 7.17. The van der Waals surface area contributed by atoms with Gasteiger partial charge >= 0.3 is 19.8 Å². The molecule has 0 aromatic rings. The van der Waals surface area contributed by atoms with E-state index in [-0.39, 0.29) is 6.42 Å². The van der Waals surface area contributed by atoms with Gasteiger partial charge in [0.1, 0.15) is 6.61 Å². The largest absolute Gasteiger partial charge is 0.469 e. The van der Waals surface area contributed by atoms with E-state index in [0.29, 0.717) is 6.42 Å². The summed E-state index contributed by atoms with van der Waals surface area (Å²) in [7, 11) is -4.86. The Morgan fingerprint density at radius 3 is 1.88 bits per heavy atom. The van der Waals surface area contributed by atoms with Crippen molar-refractivity contribution in [1.29, 1.82) is 0 Å². The Bertz CT molecular complexity index is 906. The first kappa shape index (κ1) is 31.3. The summed E-state index contributed by atoms with van der Waals surface area (Å²) in [6.45, 7) is 2.97. The van der Waals surface area contributed by atoms with Crippen molar-refractivity contribution < 1.29 is 37.9 Å². The van der Waals surface area contributed by atoms with Crippen molar-refractivity contribution in [2.75, 3.05) is 6.61 Å². The predicted molar refractivity (Wildman–Crippen MR) is 127 cm³/mol. The molecule has 186 valence electrons. The molecule has 34 heavy (non-hydrogen) atoms. The first-order valence-corrected chi connectivity index (χ1v) is 12.8. The lowest BCUT2D eigenvalue weighted by molar-refractivity contribution is -0.189. The van der Waals surface area contributed by atoms with E-state index in [9.17, 15) is 14.2 Å². The molecule has 0 heterocycles. The Morgan fingerprint density at radius 2 is 1.32 bits per heavy atom. The third kappa shape index (κ3) is 22.5. The van der Waals surface area contributed by atoms with Gasteiger partial charge in [0.25, 0.3) is 6.29 Å². The summed E-state index contributed by atoms with van der Waals surface area (Å²) in [4.78, 5) is 41.5. The van der Waals surface area contributed by atoms with Gasteiger partial charge < -0.3 is 19.3 Å². The highest BCUT2D eigenvalue weighted by atomic mass is 31.2. The topological polar surface area (TPSA) is 119 Å². The third-order valence-electron chi connectivity index (χ3n) is 4.22. The minimum absolute atomic E-state index is 0.0803. The van der Waals surface area contributed by atoms with Crippen molar-refractivity contribution in [3.8, 4) is 47.4 Å². The molecule has 0 rings (SSSR count). The van der Waals surface area contributed by atoms with E-state index in [2.05, 4.69) is 52.9 Å². The summed E-state index contributed by atoms with van der Waals surface area (Å²) in [5.74, 6) is 16.9. The van der Waals surface area contributed by atoms with Gasteiger partial charge in [-0.15, -0.1) is 0 Å². The number of esters is 2. The van der Waals surface area contributed by atoms with Crippen molar-refractivity contribution in [2.24, 2.45) is 0 Å². The smallest absolute Gasteiger partial charge is 0.422 e. The lowest BCUT2D eigenvalue weighted by atomic mass is 10.1. The molecular formula is C25H33O8P. The Morgan fingerprint density at radius 1 is 0.794 bits per heavy atom. The number of rotatable bonds is 16. The normalized spacial score (nSPS) is 10.6. The van der Waals surface area contributed by atoms with Crippen molar-refractivity contribution in [1.82, 2.24) is 0 Å². The number of phosphoric acid groups is 1. The van der Waals surface area contributed by atoms with Crippen molar-refractivity contribution >= 4 is 19.8 Å². The van der Waals surface area contributed by atoms with Gasteiger partial charge in [0, 0.05) is 12.3 Å². The van der Waals surface area contributed by atoms with E-state index >= 15 is 0 Å². The number of ether oxygens (including phenoxy) is 2. The number of hydrogen-bond acceptors (Lipinski definition) is 6. The van der Waals surface area contributed by atoms with Crippen LogP contribution in [0.1, 0.15) is 84.5 Å². The summed E-state index contributed by atoms with van der Waals surface area (Å²) < 4.78 is 25.0. The second kappa shape index (κ2) is 20.9. The Hall–Kier alpha value is -2.71. The van der Waals surface area contributed by atoms with Crippen LogP contribution in [0.4, 0.5) is 0 Å². The maximum absolute atomic E-state index is 12.0. The van der Waals surface area contributed by atoms with E-state index in [1.807, 2.05) is 5.92 Å². The molecule has 0 bridgehead atoms. The van der Waals surface area contributed by atoms with Gasteiger partial charge in [-0.3, -0.25) is 9.32 Å². The molecule has 0 spiro atoms. The zero-order valence-electron chi connectivity index (χ0n) is 19.9. The number of hydrogen-bond donors (Lipinski definition) is 2. The van der Waals surface area contributed by atoms with Gasteiger partial charge in [0.15, 0.2) is 0 Å². The van der Waals surface area contributed by atoms with Crippen molar-refractivity contribution in [2.45, 2.75) is 90.8 Å². The number of unbranched alkanes of at least 4 members (excludes halogenated alkanes) is 9. The maximum Gasteiger partial charge on any atom is 0.469 e. The van der Waals surface area contributed by atoms with Crippen LogP contribution in [0.3, 0.4) is 0 Å². The van der Waals surface area contributed by atoms with Gasteiger partial charge in [0.2, 0.25) is 0 Å². The summed E-state index contributed by atoms with van der Waals surface area (Å²) in [6.07, 6.45) is 9.44. The minimum atomic E-state index is -4.86. The van der Waals surface area contributed by atoms with Gasteiger partial charge in [-0.2, -0.15) is 0 Å². The molecule has 2 N–H and O–H groups in total. The van der Waals surface area contributed by atoms with Crippen LogP contribution in [-0.2, 0) is 28.2 Å². The molecule has 0 amide bonds. The first-order chi connectivity index (χ1) is 16.3. The zero-order chi connectivity index (χ0) is 25.5. The Balaban J connectivity index is 4.44. The average molecular weight is 493 g/mol. The molecule has 0 saturated heterocycles. The van der Waals surface area contributed by atoms with Gasteiger partial charge in [-0.25, -0.2) is 9.36 Å². The molecule has 8 nitrogen and oxygen atoms in total. The molecule has 0 aromatic carbocycles. The van der Waals surface area contributed by atoms with E-state index in [0.717, 1.165) is 19.3 Å². The van der Waals surface area contributed by atoms with Crippen molar-refractivity contribution in [3.63, 3.8) is 0 Å².